The molecule has 4 nitrogen and oxygen atoms in total. The summed E-state index contributed by atoms with van der Waals surface area (Å²) in [5.74, 6) is 3.06. The van der Waals surface area contributed by atoms with Crippen LogP contribution in [0.2, 0.25) is 0 Å². The third-order valence-electron chi connectivity index (χ3n) is 11.8. The van der Waals surface area contributed by atoms with Crippen molar-refractivity contribution in [1.82, 2.24) is 0 Å². The smallest absolute Gasteiger partial charge is 0.172 e. The molecule has 0 aromatic carbocycles. The van der Waals surface area contributed by atoms with Crippen molar-refractivity contribution in [3.05, 3.63) is 12.2 Å². The Balaban J connectivity index is 1.28. The Morgan fingerprint density at radius 1 is 1.00 bits per heavy atom. The van der Waals surface area contributed by atoms with Crippen LogP contribution in [0.5, 0.6) is 0 Å². The molecule has 174 valence electrons. The molecule has 0 aromatic rings. The molecule has 0 amide bonds. The van der Waals surface area contributed by atoms with E-state index in [9.17, 15) is 10.2 Å². The monoisotopic (exact) mass is 430 g/mol. The van der Waals surface area contributed by atoms with Crippen molar-refractivity contribution in [1.29, 1.82) is 0 Å². The third-order valence-corrected chi connectivity index (χ3v) is 11.8. The highest BCUT2D eigenvalue weighted by Gasteiger charge is 2.69. The van der Waals surface area contributed by atoms with E-state index in [2.05, 4.69) is 27.4 Å². The average Bonchev–Trinajstić information content (AvgIpc) is 3.16. The van der Waals surface area contributed by atoms with Crippen LogP contribution in [-0.4, -0.2) is 40.9 Å². The standard InChI is InChI=1S/C27H42O4/c1-15-7-10-27(30-14-15)16(2)24-22(31-27)13-21-19-6-5-17-11-18(28)12-23(29)26(17,4)20(19)8-9-25(21,24)3/h16-24,28-29H,1,5-14H2,2-4H3/t16-,17+,18+,19+,20-,21-,22-,23+,24-,25-,26-,27+/m0/s1. The Hall–Kier alpha value is -0.420. The molecule has 6 fully saturated rings. The summed E-state index contributed by atoms with van der Waals surface area (Å²) in [4.78, 5) is 0. The van der Waals surface area contributed by atoms with Crippen LogP contribution in [-0.2, 0) is 9.47 Å². The highest BCUT2D eigenvalue weighted by molar-refractivity contribution is 5.17. The maximum atomic E-state index is 11.2. The number of hydrogen-bond donors (Lipinski definition) is 2. The van der Waals surface area contributed by atoms with Gasteiger partial charge in [0.25, 0.3) is 0 Å². The van der Waals surface area contributed by atoms with Gasteiger partial charge in [0.15, 0.2) is 5.79 Å². The number of ether oxygens (including phenoxy) is 2. The molecular formula is C27H42O4. The van der Waals surface area contributed by atoms with E-state index in [1.54, 1.807) is 0 Å². The first kappa shape index (κ1) is 21.1. The molecule has 6 aliphatic rings. The molecule has 31 heavy (non-hydrogen) atoms. The summed E-state index contributed by atoms with van der Waals surface area (Å²) < 4.78 is 13.2. The van der Waals surface area contributed by atoms with E-state index < -0.39 is 0 Å². The highest BCUT2D eigenvalue weighted by atomic mass is 16.7. The molecule has 4 saturated carbocycles. The second kappa shape index (κ2) is 6.81. The molecular weight excluding hydrogens is 388 g/mol. The van der Waals surface area contributed by atoms with Crippen LogP contribution in [0.15, 0.2) is 12.2 Å². The zero-order valence-electron chi connectivity index (χ0n) is 19.7. The molecule has 0 bridgehead atoms. The summed E-state index contributed by atoms with van der Waals surface area (Å²) in [5.41, 5.74) is 1.49. The molecule has 2 N–H and O–H groups in total. The molecule has 0 aromatic heterocycles. The minimum atomic E-state index is -0.388. The van der Waals surface area contributed by atoms with Crippen molar-refractivity contribution in [2.24, 2.45) is 46.3 Å². The molecule has 2 aliphatic heterocycles. The topological polar surface area (TPSA) is 58.9 Å². The Morgan fingerprint density at radius 2 is 1.81 bits per heavy atom. The minimum Gasteiger partial charge on any atom is -0.393 e. The Kier molecular flexibility index (Phi) is 4.64. The van der Waals surface area contributed by atoms with Gasteiger partial charge in [0.05, 0.1) is 24.9 Å². The highest BCUT2D eigenvalue weighted by Crippen LogP contribution is 2.71. The second-order valence-corrected chi connectivity index (χ2v) is 12.8. The van der Waals surface area contributed by atoms with E-state index in [1.165, 1.54) is 31.3 Å². The minimum absolute atomic E-state index is 0.0261. The van der Waals surface area contributed by atoms with Gasteiger partial charge in [-0.3, -0.25) is 0 Å². The summed E-state index contributed by atoms with van der Waals surface area (Å²) in [7, 11) is 0. The van der Waals surface area contributed by atoms with E-state index in [4.69, 9.17) is 9.47 Å². The molecule has 4 aliphatic carbocycles. The zero-order chi connectivity index (χ0) is 21.8. The summed E-state index contributed by atoms with van der Waals surface area (Å²) >= 11 is 0. The Bertz CT molecular complexity index is 754. The second-order valence-electron chi connectivity index (χ2n) is 12.8. The SMILES string of the molecule is C=C1CC[C@@]2(OC1)O[C@H]1C[C@H]3[C@@H]4CC[C@@H]5C[C@@H](O)C[C@@H](O)[C@]5(C)[C@H]4CC[C@]3(C)[C@H]1[C@@H]2C. The zero-order valence-corrected chi connectivity index (χ0v) is 19.7. The van der Waals surface area contributed by atoms with Gasteiger partial charge >= 0.3 is 0 Å². The molecule has 12 atom stereocenters. The predicted octanol–water partition coefficient (Wildman–Crippen LogP) is 4.68. The van der Waals surface area contributed by atoms with Crippen molar-refractivity contribution >= 4 is 0 Å². The maximum absolute atomic E-state index is 11.2. The van der Waals surface area contributed by atoms with Gasteiger partial charge in [-0.2, -0.15) is 0 Å². The lowest BCUT2D eigenvalue weighted by Gasteiger charge is -2.62. The van der Waals surface area contributed by atoms with E-state index in [0.717, 1.165) is 25.7 Å². The van der Waals surface area contributed by atoms with Crippen LogP contribution in [0.1, 0.15) is 78.6 Å². The normalized spacial score (nSPS) is 60.9. The number of rotatable bonds is 0. The Labute approximate surface area is 187 Å². The lowest BCUT2D eigenvalue weighted by Crippen LogP contribution is -2.59. The van der Waals surface area contributed by atoms with Crippen LogP contribution >= 0.6 is 0 Å². The number of hydrogen-bond acceptors (Lipinski definition) is 4. The maximum Gasteiger partial charge on any atom is 0.172 e. The Morgan fingerprint density at radius 3 is 2.55 bits per heavy atom. The quantitative estimate of drug-likeness (QED) is 0.548. The summed E-state index contributed by atoms with van der Waals surface area (Å²) in [6.07, 6.45) is 9.13. The van der Waals surface area contributed by atoms with Gasteiger partial charge in [-0.25, -0.2) is 0 Å². The number of aliphatic hydroxyl groups excluding tert-OH is 2. The number of aliphatic hydroxyl groups is 2. The van der Waals surface area contributed by atoms with E-state index in [-0.39, 0.29) is 23.4 Å². The predicted molar refractivity (Wildman–Crippen MR) is 119 cm³/mol. The lowest BCUT2D eigenvalue weighted by molar-refractivity contribution is -0.257. The van der Waals surface area contributed by atoms with Crippen molar-refractivity contribution in [3.8, 4) is 0 Å². The summed E-state index contributed by atoms with van der Waals surface area (Å²) in [5, 5.41) is 21.5. The molecule has 2 heterocycles. The van der Waals surface area contributed by atoms with Gasteiger partial charge in [-0.1, -0.05) is 32.9 Å². The molecule has 0 unspecified atom stereocenters. The van der Waals surface area contributed by atoms with Gasteiger partial charge in [0, 0.05) is 12.3 Å². The van der Waals surface area contributed by atoms with E-state index in [0.29, 0.717) is 60.1 Å². The molecule has 1 spiro atoms. The van der Waals surface area contributed by atoms with Crippen LogP contribution < -0.4 is 0 Å². The fourth-order valence-corrected chi connectivity index (χ4v) is 10.1. The molecule has 6 rings (SSSR count). The third kappa shape index (κ3) is 2.68. The fourth-order valence-electron chi connectivity index (χ4n) is 10.1. The van der Waals surface area contributed by atoms with Crippen molar-refractivity contribution < 1.29 is 19.7 Å². The summed E-state index contributed by atoms with van der Waals surface area (Å²) in [6.45, 7) is 12.1. The fraction of sp³-hybridized carbons (Fsp3) is 0.926. The van der Waals surface area contributed by atoms with Crippen LogP contribution in [0.4, 0.5) is 0 Å². The van der Waals surface area contributed by atoms with Gasteiger partial charge in [0.2, 0.25) is 0 Å². The first-order chi connectivity index (χ1) is 14.7. The molecule has 2 saturated heterocycles. The van der Waals surface area contributed by atoms with E-state index in [1.807, 2.05) is 0 Å². The lowest BCUT2D eigenvalue weighted by atomic mass is 9.43. The van der Waals surface area contributed by atoms with Crippen LogP contribution in [0, 0.1) is 46.3 Å². The van der Waals surface area contributed by atoms with Gasteiger partial charge in [-0.15, -0.1) is 0 Å². The van der Waals surface area contributed by atoms with Crippen molar-refractivity contribution in [2.75, 3.05) is 6.61 Å². The average molecular weight is 431 g/mol. The van der Waals surface area contributed by atoms with Crippen LogP contribution in [0.25, 0.3) is 0 Å². The first-order valence-electron chi connectivity index (χ1n) is 13.0. The first-order valence-corrected chi connectivity index (χ1v) is 13.0. The molecule has 0 radical (unpaired) electrons. The summed E-state index contributed by atoms with van der Waals surface area (Å²) in [6, 6.07) is 0. The van der Waals surface area contributed by atoms with Gasteiger partial charge < -0.3 is 19.7 Å². The molecule has 4 heteroatoms. The van der Waals surface area contributed by atoms with Crippen molar-refractivity contribution in [2.45, 2.75) is 103 Å². The van der Waals surface area contributed by atoms with Crippen LogP contribution in [0.3, 0.4) is 0 Å². The largest absolute Gasteiger partial charge is 0.393 e. The van der Waals surface area contributed by atoms with Gasteiger partial charge in [-0.05, 0) is 91.8 Å². The van der Waals surface area contributed by atoms with E-state index >= 15 is 0 Å². The number of fused-ring (bicyclic) bond motifs is 7. The van der Waals surface area contributed by atoms with Gasteiger partial charge in [0.1, 0.15) is 0 Å². The van der Waals surface area contributed by atoms with Crippen molar-refractivity contribution in [3.63, 3.8) is 0 Å².